The lowest BCUT2D eigenvalue weighted by atomic mass is 10.2. The van der Waals surface area contributed by atoms with Crippen LogP contribution < -0.4 is 15.4 Å². The minimum Gasteiger partial charge on any atom is -0.477 e. The summed E-state index contributed by atoms with van der Waals surface area (Å²) in [6, 6.07) is 4.33. The molecule has 0 saturated heterocycles. The van der Waals surface area contributed by atoms with Gasteiger partial charge in [0.15, 0.2) is 5.96 Å². The van der Waals surface area contributed by atoms with Crippen LogP contribution >= 0.6 is 24.0 Å². The lowest BCUT2D eigenvalue weighted by Gasteiger charge is -2.17. The number of halogens is 1. The van der Waals surface area contributed by atoms with E-state index in [1.54, 1.807) is 13.2 Å². The van der Waals surface area contributed by atoms with E-state index in [9.17, 15) is 0 Å². The summed E-state index contributed by atoms with van der Waals surface area (Å²) >= 11 is 0. The third-order valence-electron chi connectivity index (χ3n) is 2.96. The Morgan fingerprint density at radius 3 is 2.81 bits per heavy atom. The number of aromatic nitrogens is 1. The maximum atomic E-state index is 5.64. The van der Waals surface area contributed by atoms with Crippen molar-refractivity contribution in [3.63, 3.8) is 0 Å². The molecule has 1 heterocycles. The SMILES string of the molecule is CCCOc1ncccc1CNC(=NC)NC(C)CC.I. The summed E-state index contributed by atoms with van der Waals surface area (Å²) in [5, 5.41) is 6.61. The van der Waals surface area contributed by atoms with E-state index in [-0.39, 0.29) is 24.0 Å². The molecule has 0 bridgehead atoms. The molecule has 21 heavy (non-hydrogen) atoms. The zero-order valence-corrected chi connectivity index (χ0v) is 15.7. The monoisotopic (exact) mass is 406 g/mol. The van der Waals surface area contributed by atoms with E-state index in [0.717, 1.165) is 24.4 Å². The molecule has 0 aliphatic heterocycles. The molecule has 0 amide bonds. The van der Waals surface area contributed by atoms with Gasteiger partial charge >= 0.3 is 0 Å². The number of hydrogen-bond donors (Lipinski definition) is 2. The first-order valence-electron chi connectivity index (χ1n) is 7.25. The third kappa shape index (κ3) is 7.50. The Morgan fingerprint density at radius 2 is 2.19 bits per heavy atom. The molecular weight excluding hydrogens is 379 g/mol. The van der Waals surface area contributed by atoms with Crippen LogP contribution in [-0.4, -0.2) is 30.6 Å². The van der Waals surface area contributed by atoms with Gasteiger partial charge in [-0.1, -0.05) is 19.9 Å². The molecule has 1 aromatic rings. The average Bonchev–Trinajstić information content (AvgIpc) is 2.49. The van der Waals surface area contributed by atoms with E-state index >= 15 is 0 Å². The number of guanidine groups is 1. The molecule has 0 aromatic carbocycles. The molecule has 0 spiro atoms. The van der Waals surface area contributed by atoms with Crippen LogP contribution in [0.25, 0.3) is 0 Å². The first-order chi connectivity index (χ1) is 9.71. The largest absolute Gasteiger partial charge is 0.477 e. The van der Waals surface area contributed by atoms with Gasteiger partial charge in [0.2, 0.25) is 5.88 Å². The Balaban J connectivity index is 0.00000400. The summed E-state index contributed by atoms with van der Waals surface area (Å²) in [6.45, 7) is 7.68. The van der Waals surface area contributed by atoms with Crippen molar-refractivity contribution in [1.82, 2.24) is 15.6 Å². The molecule has 0 fully saturated rings. The zero-order chi connectivity index (χ0) is 14.8. The van der Waals surface area contributed by atoms with Crippen LogP contribution in [0, 0.1) is 0 Å². The summed E-state index contributed by atoms with van der Waals surface area (Å²) in [7, 11) is 1.77. The molecule has 0 aliphatic carbocycles. The van der Waals surface area contributed by atoms with E-state index < -0.39 is 0 Å². The summed E-state index contributed by atoms with van der Waals surface area (Å²) in [5.41, 5.74) is 1.04. The number of nitrogens with zero attached hydrogens (tertiary/aromatic N) is 2. The van der Waals surface area contributed by atoms with Crippen molar-refractivity contribution in [2.45, 2.75) is 46.2 Å². The van der Waals surface area contributed by atoms with Crippen LogP contribution in [-0.2, 0) is 6.54 Å². The first-order valence-corrected chi connectivity index (χ1v) is 7.25. The minimum atomic E-state index is 0. The topological polar surface area (TPSA) is 58.5 Å². The first kappa shape index (κ1) is 19.9. The van der Waals surface area contributed by atoms with Crippen LogP contribution in [0.2, 0.25) is 0 Å². The van der Waals surface area contributed by atoms with Crippen molar-refractivity contribution in [2.75, 3.05) is 13.7 Å². The number of rotatable bonds is 7. The predicted molar refractivity (Wildman–Crippen MR) is 98.5 cm³/mol. The molecule has 5 nitrogen and oxygen atoms in total. The highest BCUT2D eigenvalue weighted by molar-refractivity contribution is 14.0. The second-order valence-corrected chi connectivity index (χ2v) is 4.70. The van der Waals surface area contributed by atoms with Gasteiger partial charge in [0.1, 0.15) is 0 Å². The van der Waals surface area contributed by atoms with Crippen molar-refractivity contribution < 1.29 is 4.74 Å². The highest BCUT2D eigenvalue weighted by Gasteiger charge is 2.07. The van der Waals surface area contributed by atoms with Gasteiger partial charge in [-0.2, -0.15) is 0 Å². The Labute approximate surface area is 145 Å². The summed E-state index contributed by atoms with van der Waals surface area (Å²) in [5.74, 6) is 1.49. The molecule has 0 radical (unpaired) electrons. The number of aliphatic imine (C=N–C) groups is 1. The Hall–Kier alpha value is -1.05. The minimum absolute atomic E-state index is 0. The molecule has 0 saturated carbocycles. The van der Waals surface area contributed by atoms with Gasteiger partial charge in [0.25, 0.3) is 0 Å². The highest BCUT2D eigenvalue weighted by atomic mass is 127. The van der Waals surface area contributed by atoms with Gasteiger partial charge < -0.3 is 15.4 Å². The fourth-order valence-corrected chi connectivity index (χ4v) is 1.60. The van der Waals surface area contributed by atoms with Gasteiger partial charge in [0, 0.05) is 31.4 Å². The lowest BCUT2D eigenvalue weighted by Crippen LogP contribution is -2.41. The smallest absolute Gasteiger partial charge is 0.218 e. The van der Waals surface area contributed by atoms with Crippen molar-refractivity contribution in [3.05, 3.63) is 23.9 Å². The summed E-state index contributed by atoms with van der Waals surface area (Å²) < 4.78 is 5.64. The maximum Gasteiger partial charge on any atom is 0.218 e. The molecule has 1 atom stereocenters. The second-order valence-electron chi connectivity index (χ2n) is 4.70. The van der Waals surface area contributed by atoms with Gasteiger partial charge in [-0.15, -0.1) is 24.0 Å². The van der Waals surface area contributed by atoms with Gasteiger partial charge in [0.05, 0.1) is 6.61 Å². The van der Waals surface area contributed by atoms with Crippen molar-refractivity contribution in [3.8, 4) is 5.88 Å². The zero-order valence-electron chi connectivity index (χ0n) is 13.3. The summed E-state index contributed by atoms with van der Waals surface area (Å²) in [6.07, 6.45) is 3.78. The highest BCUT2D eigenvalue weighted by Crippen LogP contribution is 2.14. The molecule has 1 rings (SSSR count). The summed E-state index contributed by atoms with van der Waals surface area (Å²) in [4.78, 5) is 8.49. The van der Waals surface area contributed by atoms with Gasteiger partial charge in [-0.25, -0.2) is 4.98 Å². The molecular formula is C15H27IN4O. The van der Waals surface area contributed by atoms with E-state index in [0.29, 0.717) is 25.1 Å². The maximum absolute atomic E-state index is 5.64. The molecule has 1 aromatic heterocycles. The van der Waals surface area contributed by atoms with Crippen LogP contribution in [0.3, 0.4) is 0 Å². The van der Waals surface area contributed by atoms with Gasteiger partial charge in [-0.05, 0) is 25.8 Å². The number of nitrogens with one attached hydrogen (secondary N) is 2. The van der Waals surface area contributed by atoms with Crippen LogP contribution in [0.4, 0.5) is 0 Å². The standard InChI is InChI=1S/C15H26N4O.HI/c1-5-10-20-14-13(8-7-9-17-14)11-18-15(16-4)19-12(3)6-2;/h7-9,12H,5-6,10-11H2,1-4H3,(H2,16,18,19);1H. The van der Waals surface area contributed by atoms with E-state index in [1.165, 1.54) is 0 Å². The number of ether oxygens (including phenoxy) is 1. The van der Waals surface area contributed by atoms with Crippen molar-refractivity contribution >= 4 is 29.9 Å². The fraction of sp³-hybridized carbons (Fsp3) is 0.600. The van der Waals surface area contributed by atoms with E-state index in [4.69, 9.17) is 4.74 Å². The Morgan fingerprint density at radius 1 is 1.43 bits per heavy atom. The van der Waals surface area contributed by atoms with Crippen LogP contribution in [0.15, 0.2) is 23.3 Å². The molecule has 2 N–H and O–H groups in total. The van der Waals surface area contributed by atoms with Crippen molar-refractivity contribution in [1.29, 1.82) is 0 Å². The molecule has 120 valence electrons. The normalized spacial score (nSPS) is 12.3. The quantitative estimate of drug-likeness (QED) is 0.415. The lowest BCUT2D eigenvalue weighted by molar-refractivity contribution is 0.301. The molecule has 0 aliphatic rings. The molecule has 6 heteroatoms. The molecule has 1 unspecified atom stereocenters. The van der Waals surface area contributed by atoms with Crippen LogP contribution in [0.1, 0.15) is 39.2 Å². The average molecular weight is 406 g/mol. The van der Waals surface area contributed by atoms with Crippen molar-refractivity contribution in [2.24, 2.45) is 4.99 Å². The van der Waals surface area contributed by atoms with E-state index in [2.05, 4.69) is 41.4 Å². The second kappa shape index (κ2) is 11.6. The fourth-order valence-electron chi connectivity index (χ4n) is 1.60. The predicted octanol–water partition coefficient (Wildman–Crippen LogP) is 2.95. The number of hydrogen-bond acceptors (Lipinski definition) is 3. The Bertz CT molecular complexity index is 426. The Kier molecular flexibility index (Phi) is 11.0. The van der Waals surface area contributed by atoms with E-state index in [1.807, 2.05) is 12.1 Å². The number of pyridine rings is 1. The third-order valence-corrected chi connectivity index (χ3v) is 2.96. The van der Waals surface area contributed by atoms with Gasteiger partial charge in [-0.3, -0.25) is 4.99 Å². The van der Waals surface area contributed by atoms with Crippen LogP contribution in [0.5, 0.6) is 5.88 Å².